The van der Waals surface area contributed by atoms with Crippen molar-refractivity contribution in [3.63, 3.8) is 0 Å². The molecule has 0 amide bonds. The van der Waals surface area contributed by atoms with Crippen molar-refractivity contribution < 1.29 is 10.5 Å². The highest BCUT2D eigenvalue weighted by Crippen LogP contribution is 2.37. The number of aryl methyl sites for hydroxylation is 2. The largest absolute Gasteiger partial charge is 0.490 e. The summed E-state index contributed by atoms with van der Waals surface area (Å²) in [5, 5.41) is 0.958. The zero-order valence-corrected chi connectivity index (χ0v) is 9.87. The topological polar surface area (TPSA) is 39.4 Å². The Hall–Kier alpha value is -1.77. The van der Waals surface area contributed by atoms with Crippen molar-refractivity contribution in [3.05, 3.63) is 39.2 Å². The summed E-state index contributed by atoms with van der Waals surface area (Å²) in [7, 11) is 0. The quantitative estimate of drug-likeness (QED) is 0.656. The summed E-state index contributed by atoms with van der Waals surface area (Å²) < 4.78 is 18.4. The second-order valence-electron chi connectivity index (χ2n) is 4.56. The summed E-state index contributed by atoms with van der Waals surface area (Å²) in [6, 6.07) is 3.53. The number of ether oxygens (including phenoxy) is 1. The molecular weight excluding hydrogens is 216 g/mol. The van der Waals surface area contributed by atoms with E-state index in [2.05, 4.69) is 0 Å². The van der Waals surface area contributed by atoms with Gasteiger partial charge >= 0.3 is 5.63 Å². The standard InChI is InChI=1S/C14H14O3/c1-7-4-12(15)17-14-9(3)13-10(6-11(7)14)5-8(2)16-13/h4,6,8H,5H2,1-3H3/i2T. The summed E-state index contributed by atoms with van der Waals surface area (Å²) in [6.07, 6.45) is 0.677. The van der Waals surface area contributed by atoms with Gasteiger partial charge in [0.05, 0.1) is 0 Å². The molecule has 0 radical (unpaired) electrons. The van der Waals surface area contributed by atoms with Crippen LogP contribution in [0.4, 0.5) is 0 Å². The third kappa shape index (κ3) is 1.46. The van der Waals surface area contributed by atoms with Crippen LogP contribution in [-0.2, 0) is 6.42 Å². The van der Waals surface area contributed by atoms with Gasteiger partial charge in [-0.1, -0.05) is 0 Å². The molecule has 0 fully saturated rings. The Bertz CT molecular complexity index is 687. The molecule has 88 valence electrons. The van der Waals surface area contributed by atoms with Crippen molar-refractivity contribution in [2.24, 2.45) is 0 Å². The van der Waals surface area contributed by atoms with Crippen LogP contribution in [0.15, 0.2) is 21.3 Å². The number of benzene rings is 1. The minimum Gasteiger partial charge on any atom is -0.490 e. The first-order chi connectivity index (χ1) is 8.60. The van der Waals surface area contributed by atoms with Crippen LogP contribution in [0.25, 0.3) is 11.0 Å². The fourth-order valence-corrected chi connectivity index (χ4v) is 2.43. The van der Waals surface area contributed by atoms with Crippen molar-refractivity contribution in [2.75, 3.05) is 0 Å². The van der Waals surface area contributed by atoms with Crippen molar-refractivity contribution in [1.82, 2.24) is 0 Å². The Morgan fingerprint density at radius 2 is 2.24 bits per heavy atom. The van der Waals surface area contributed by atoms with E-state index in [1.54, 1.807) is 0 Å². The smallest absolute Gasteiger partial charge is 0.336 e. The SMILES string of the molecule is [3H]CC1Cc2cc3c(C)cc(=O)oc3c(C)c2O1. The van der Waals surface area contributed by atoms with Crippen LogP contribution in [0.1, 0.15) is 25.0 Å². The Kier molecular flexibility index (Phi) is 1.83. The summed E-state index contributed by atoms with van der Waals surface area (Å²) in [4.78, 5) is 11.4. The summed E-state index contributed by atoms with van der Waals surface area (Å²) in [5.41, 5.74) is 3.15. The molecule has 1 aromatic carbocycles. The zero-order valence-electron chi connectivity index (χ0n) is 10.9. The van der Waals surface area contributed by atoms with Crippen molar-refractivity contribution in [2.45, 2.75) is 33.3 Å². The second kappa shape index (κ2) is 3.36. The lowest BCUT2D eigenvalue weighted by molar-refractivity contribution is 0.253. The van der Waals surface area contributed by atoms with Gasteiger partial charge in [0.25, 0.3) is 0 Å². The molecule has 0 bridgehead atoms. The first kappa shape index (κ1) is 9.28. The van der Waals surface area contributed by atoms with Crippen LogP contribution in [0.3, 0.4) is 0 Å². The molecule has 1 unspecified atom stereocenters. The lowest BCUT2D eigenvalue weighted by atomic mass is 10.0. The fraction of sp³-hybridized carbons (Fsp3) is 0.357. The molecular formula is C14H14O3. The molecule has 0 saturated heterocycles. The molecule has 1 aromatic heterocycles. The van der Waals surface area contributed by atoms with Crippen molar-refractivity contribution in [3.8, 4) is 5.75 Å². The molecule has 1 aliphatic heterocycles. The number of fused-ring (bicyclic) bond motifs is 2. The van der Waals surface area contributed by atoms with Gasteiger partial charge in [-0.25, -0.2) is 4.79 Å². The lowest BCUT2D eigenvalue weighted by Gasteiger charge is -2.09. The monoisotopic (exact) mass is 232 g/mol. The lowest BCUT2D eigenvalue weighted by Crippen LogP contribution is -2.05. The first-order valence-electron chi connectivity index (χ1n) is 6.33. The molecule has 3 rings (SSSR count). The van der Waals surface area contributed by atoms with Gasteiger partial charge in [0.2, 0.25) is 0 Å². The molecule has 0 N–H and O–H groups in total. The van der Waals surface area contributed by atoms with E-state index in [0.29, 0.717) is 5.58 Å². The number of hydrogen-bond donors (Lipinski definition) is 0. The second-order valence-corrected chi connectivity index (χ2v) is 4.56. The van der Waals surface area contributed by atoms with Crippen LogP contribution in [0.5, 0.6) is 5.75 Å². The normalized spacial score (nSPS) is 18.9. The average Bonchev–Trinajstić information content (AvgIpc) is 2.74. The van der Waals surface area contributed by atoms with Crippen molar-refractivity contribution >= 4 is 11.0 Å². The third-order valence-electron chi connectivity index (χ3n) is 3.23. The van der Waals surface area contributed by atoms with E-state index in [-0.39, 0.29) is 18.6 Å². The van der Waals surface area contributed by atoms with Crippen LogP contribution in [0, 0.1) is 13.8 Å². The summed E-state index contributed by atoms with van der Waals surface area (Å²) in [6.45, 7) is 4.05. The maximum absolute atomic E-state index is 11.4. The average molecular weight is 232 g/mol. The van der Waals surface area contributed by atoms with E-state index in [9.17, 15) is 4.79 Å². The Balaban J connectivity index is 2.32. The molecule has 0 spiro atoms. The van der Waals surface area contributed by atoms with Crippen LogP contribution in [0.2, 0.25) is 0 Å². The van der Waals surface area contributed by atoms with Gasteiger partial charge < -0.3 is 9.15 Å². The van der Waals surface area contributed by atoms with Crippen LogP contribution in [-0.4, -0.2) is 6.10 Å². The van der Waals surface area contributed by atoms with E-state index < -0.39 is 0 Å². The van der Waals surface area contributed by atoms with Crippen molar-refractivity contribution in [1.29, 1.82) is 0 Å². The van der Waals surface area contributed by atoms with Gasteiger partial charge in [-0.2, -0.15) is 0 Å². The van der Waals surface area contributed by atoms with E-state index in [1.807, 2.05) is 19.9 Å². The molecule has 17 heavy (non-hydrogen) atoms. The van der Waals surface area contributed by atoms with Gasteiger partial charge in [0.15, 0.2) is 0 Å². The molecule has 2 aromatic rings. The highest BCUT2D eigenvalue weighted by Gasteiger charge is 2.24. The molecule has 1 aliphatic rings. The molecule has 3 nitrogen and oxygen atoms in total. The predicted octanol–water partition coefficient (Wildman–Crippen LogP) is 2.73. The minimum atomic E-state index is -0.335. The third-order valence-corrected chi connectivity index (χ3v) is 3.23. The molecule has 3 heteroatoms. The summed E-state index contributed by atoms with van der Waals surface area (Å²) >= 11 is 0. The van der Waals surface area contributed by atoms with E-state index in [1.165, 1.54) is 6.07 Å². The number of rotatable bonds is 0. The molecule has 1 atom stereocenters. The maximum atomic E-state index is 11.4. The fourth-order valence-electron chi connectivity index (χ4n) is 2.43. The summed E-state index contributed by atoms with van der Waals surface area (Å²) in [5.74, 6) is 0.786. The van der Waals surface area contributed by atoms with Crippen LogP contribution >= 0.6 is 0 Å². The number of hydrogen-bond acceptors (Lipinski definition) is 3. The molecule has 0 saturated carbocycles. The van der Waals surface area contributed by atoms with Gasteiger partial charge in [0.1, 0.15) is 17.4 Å². The highest BCUT2D eigenvalue weighted by atomic mass is 16.5. The predicted molar refractivity (Wildman–Crippen MR) is 65.8 cm³/mol. The Labute approximate surface area is 100 Å². The molecule has 0 aliphatic carbocycles. The van der Waals surface area contributed by atoms with E-state index in [0.717, 1.165) is 34.2 Å². The van der Waals surface area contributed by atoms with E-state index in [4.69, 9.17) is 10.5 Å². The van der Waals surface area contributed by atoms with Gasteiger partial charge in [-0.05, 0) is 37.9 Å². The van der Waals surface area contributed by atoms with E-state index >= 15 is 0 Å². The Morgan fingerprint density at radius 1 is 1.41 bits per heavy atom. The maximum Gasteiger partial charge on any atom is 0.336 e. The van der Waals surface area contributed by atoms with Crippen LogP contribution < -0.4 is 10.4 Å². The molecule has 2 heterocycles. The first-order valence-corrected chi connectivity index (χ1v) is 5.63. The van der Waals surface area contributed by atoms with Gasteiger partial charge in [-0.15, -0.1) is 0 Å². The van der Waals surface area contributed by atoms with Gasteiger partial charge in [0, 0.05) is 24.8 Å². The Morgan fingerprint density at radius 3 is 3.00 bits per heavy atom. The zero-order chi connectivity index (χ0) is 12.9. The minimum absolute atomic E-state index is 0.0810. The van der Waals surface area contributed by atoms with Gasteiger partial charge in [-0.3, -0.25) is 0 Å². The highest BCUT2D eigenvalue weighted by molar-refractivity contribution is 5.86.